The Bertz CT molecular complexity index is 657. The molecule has 0 aliphatic carbocycles. The highest BCUT2D eigenvalue weighted by Gasteiger charge is 2.30. The summed E-state index contributed by atoms with van der Waals surface area (Å²) in [4.78, 5) is 27.9. The van der Waals surface area contributed by atoms with Crippen molar-refractivity contribution in [1.82, 2.24) is 10.3 Å². The zero-order valence-corrected chi connectivity index (χ0v) is 18.8. The van der Waals surface area contributed by atoms with E-state index in [1.165, 1.54) is 5.56 Å². The van der Waals surface area contributed by atoms with Crippen molar-refractivity contribution in [2.75, 3.05) is 6.54 Å². The molecule has 0 saturated carbocycles. The Kier molecular flexibility index (Phi) is 10.1. The van der Waals surface area contributed by atoms with Crippen molar-refractivity contribution in [3.8, 4) is 0 Å². The lowest BCUT2D eigenvalue weighted by Gasteiger charge is -2.33. The first kappa shape index (κ1) is 24.9. The molecule has 5 nitrogen and oxygen atoms in total. The molecule has 1 aromatic rings. The van der Waals surface area contributed by atoms with Crippen LogP contribution >= 0.6 is 0 Å². The van der Waals surface area contributed by atoms with Gasteiger partial charge in [-0.1, -0.05) is 40.7 Å². The Morgan fingerprint density at radius 1 is 1.17 bits per heavy atom. The second kappa shape index (κ2) is 11.7. The van der Waals surface area contributed by atoms with Gasteiger partial charge in [0.05, 0.1) is 0 Å². The third-order valence-corrected chi connectivity index (χ3v) is 6.01. The van der Waals surface area contributed by atoms with Crippen LogP contribution in [-0.4, -0.2) is 23.3 Å². The van der Waals surface area contributed by atoms with Crippen LogP contribution in [0.5, 0.6) is 0 Å². The van der Waals surface area contributed by atoms with Gasteiger partial charge in [0, 0.05) is 31.3 Å². The molecule has 5 heteroatoms. The Hall–Kier alpha value is -2.17. The van der Waals surface area contributed by atoms with Gasteiger partial charge in [-0.3, -0.25) is 14.6 Å². The first-order valence-corrected chi connectivity index (χ1v) is 10.6. The largest absolute Gasteiger partial charge is 0.369 e. The van der Waals surface area contributed by atoms with Crippen LogP contribution in [0.3, 0.4) is 0 Å². The van der Waals surface area contributed by atoms with Crippen LogP contribution in [0, 0.1) is 23.2 Å². The lowest BCUT2D eigenvalue weighted by atomic mass is 9.72. The SMILES string of the molecule is C=CCNC(=O)CC(C)(C)CC(C)C(CCC(C)C(C)C(N)=O)c1ccncc1. The average Bonchev–Trinajstić information content (AvgIpc) is 2.65. The fourth-order valence-electron chi connectivity index (χ4n) is 4.13. The van der Waals surface area contributed by atoms with Crippen molar-refractivity contribution in [3.05, 3.63) is 42.7 Å². The van der Waals surface area contributed by atoms with E-state index in [4.69, 9.17) is 5.73 Å². The van der Waals surface area contributed by atoms with E-state index in [0.29, 0.717) is 24.8 Å². The van der Waals surface area contributed by atoms with E-state index in [1.807, 2.05) is 19.3 Å². The molecule has 0 aliphatic rings. The third-order valence-electron chi connectivity index (χ3n) is 6.01. The topological polar surface area (TPSA) is 85.1 Å². The number of carbonyl (C=O) groups is 2. The maximum atomic E-state index is 12.2. The standard InChI is InChI=1S/C24H39N3O2/c1-7-12-27-22(28)16-24(5,6)15-18(3)21(20-10-13-26-14-11-20)9-8-17(2)19(4)23(25)29/h7,10-11,13-14,17-19,21H,1,8-9,12,15-16H2,2-6H3,(H2,25,29)(H,27,28). The predicted octanol–water partition coefficient (Wildman–Crippen LogP) is 4.45. The van der Waals surface area contributed by atoms with Gasteiger partial charge in [-0.05, 0) is 60.1 Å². The summed E-state index contributed by atoms with van der Waals surface area (Å²) in [5.41, 5.74) is 6.64. The second-order valence-electron chi connectivity index (χ2n) is 9.25. The molecule has 4 atom stereocenters. The van der Waals surface area contributed by atoms with Crippen LogP contribution in [0.25, 0.3) is 0 Å². The minimum Gasteiger partial charge on any atom is -0.369 e. The third kappa shape index (κ3) is 8.80. The predicted molar refractivity (Wildman–Crippen MR) is 119 cm³/mol. The second-order valence-corrected chi connectivity index (χ2v) is 9.25. The highest BCUT2D eigenvalue weighted by Crippen LogP contribution is 2.39. The van der Waals surface area contributed by atoms with Gasteiger partial charge in [0.25, 0.3) is 0 Å². The average molecular weight is 402 g/mol. The maximum absolute atomic E-state index is 12.2. The molecule has 29 heavy (non-hydrogen) atoms. The number of amides is 2. The number of primary amides is 1. The summed E-state index contributed by atoms with van der Waals surface area (Å²) in [5.74, 6) is 0.658. The number of hydrogen-bond acceptors (Lipinski definition) is 3. The van der Waals surface area contributed by atoms with Gasteiger partial charge >= 0.3 is 0 Å². The normalized spacial score (nSPS) is 15.8. The summed E-state index contributed by atoms with van der Waals surface area (Å²) in [6.45, 7) is 14.7. The van der Waals surface area contributed by atoms with E-state index in [9.17, 15) is 9.59 Å². The smallest absolute Gasteiger partial charge is 0.220 e. The zero-order chi connectivity index (χ0) is 22.0. The Balaban J connectivity index is 2.85. The summed E-state index contributed by atoms with van der Waals surface area (Å²) in [6, 6.07) is 4.15. The summed E-state index contributed by atoms with van der Waals surface area (Å²) >= 11 is 0. The molecule has 0 fully saturated rings. The fourth-order valence-corrected chi connectivity index (χ4v) is 4.13. The van der Waals surface area contributed by atoms with Crippen molar-refractivity contribution < 1.29 is 9.59 Å². The first-order chi connectivity index (χ1) is 13.6. The molecule has 0 spiro atoms. The molecular weight excluding hydrogens is 362 g/mol. The fraction of sp³-hybridized carbons (Fsp3) is 0.625. The molecule has 2 amide bonds. The van der Waals surface area contributed by atoms with Crippen molar-refractivity contribution in [2.24, 2.45) is 28.9 Å². The first-order valence-electron chi connectivity index (χ1n) is 10.6. The van der Waals surface area contributed by atoms with E-state index in [0.717, 1.165) is 19.3 Å². The summed E-state index contributed by atoms with van der Waals surface area (Å²) in [7, 11) is 0. The van der Waals surface area contributed by atoms with Crippen molar-refractivity contribution >= 4 is 11.8 Å². The number of nitrogens with two attached hydrogens (primary N) is 1. The van der Waals surface area contributed by atoms with Gasteiger partial charge in [-0.2, -0.15) is 0 Å². The number of rotatable bonds is 13. The van der Waals surface area contributed by atoms with Crippen LogP contribution < -0.4 is 11.1 Å². The number of aromatic nitrogens is 1. The van der Waals surface area contributed by atoms with Gasteiger partial charge in [-0.25, -0.2) is 0 Å². The monoisotopic (exact) mass is 401 g/mol. The molecular formula is C24H39N3O2. The highest BCUT2D eigenvalue weighted by molar-refractivity contribution is 5.77. The minimum absolute atomic E-state index is 0.0615. The molecule has 1 heterocycles. The van der Waals surface area contributed by atoms with Gasteiger partial charge in [0.15, 0.2) is 0 Å². The molecule has 1 rings (SSSR count). The van der Waals surface area contributed by atoms with Crippen LogP contribution in [0.2, 0.25) is 0 Å². The Morgan fingerprint density at radius 2 is 1.79 bits per heavy atom. The van der Waals surface area contributed by atoms with Crippen molar-refractivity contribution in [2.45, 2.75) is 66.2 Å². The number of nitrogens with one attached hydrogen (secondary N) is 1. The van der Waals surface area contributed by atoms with E-state index in [2.05, 4.69) is 56.7 Å². The molecule has 0 saturated heterocycles. The van der Waals surface area contributed by atoms with Crippen molar-refractivity contribution in [1.29, 1.82) is 0 Å². The molecule has 1 aromatic heterocycles. The number of nitrogens with zero attached hydrogens (tertiary/aromatic N) is 1. The number of pyridine rings is 1. The number of hydrogen-bond donors (Lipinski definition) is 2. The summed E-state index contributed by atoms with van der Waals surface area (Å²) in [6.07, 6.45) is 8.69. The van der Waals surface area contributed by atoms with Crippen molar-refractivity contribution in [3.63, 3.8) is 0 Å². The molecule has 0 aromatic carbocycles. The lowest BCUT2D eigenvalue weighted by Crippen LogP contribution is -2.31. The van der Waals surface area contributed by atoms with Crippen LogP contribution in [0.1, 0.15) is 71.8 Å². The van der Waals surface area contributed by atoms with E-state index >= 15 is 0 Å². The van der Waals surface area contributed by atoms with Gasteiger partial charge in [0.2, 0.25) is 11.8 Å². The minimum atomic E-state index is -0.238. The van der Waals surface area contributed by atoms with E-state index in [-0.39, 0.29) is 29.1 Å². The van der Waals surface area contributed by atoms with Gasteiger partial charge < -0.3 is 11.1 Å². The molecule has 0 aliphatic heterocycles. The number of carbonyl (C=O) groups excluding carboxylic acids is 2. The molecule has 4 unspecified atom stereocenters. The van der Waals surface area contributed by atoms with Crippen LogP contribution in [-0.2, 0) is 9.59 Å². The van der Waals surface area contributed by atoms with Gasteiger partial charge in [-0.15, -0.1) is 6.58 Å². The molecule has 0 radical (unpaired) electrons. The molecule has 162 valence electrons. The van der Waals surface area contributed by atoms with E-state index < -0.39 is 0 Å². The Labute approximate surface area is 176 Å². The lowest BCUT2D eigenvalue weighted by molar-refractivity contribution is -0.123. The summed E-state index contributed by atoms with van der Waals surface area (Å²) < 4.78 is 0. The van der Waals surface area contributed by atoms with Crippen LogP contribution in [0.4, 0.5) is 0 Å². The zero-order valence-electron chi connectivity index (χ0n) is 18.8. The quantitative estimate of drug-likeness (QED) is 0.479. The van der Waals surface area contributed by atoms with Gasteiger partial charge in [0.1, 0.15) is 0 Å². The van der Waals surface area contributed by atoms with Crippen LogP contribution in [0.15, 0.2) is 37.2 Å². The van der Waals surface area contributed by atoms with E-state index in [1.54, 1.807) is 6.08 Å². The highest BCUT2D eigenvalue weighted by atomic mass is 16.2. The summed E-state index contributed by atoms with van der Waals surface area (Å²) in [5, 5.41) is 2.88. The Morgan fingerprint density at radius 3 is 2.34 bits per heavy atom. The maximum Gasteiger partial charge on any atom is 0.220 e. The molecule has 0 bridgehead atoms. The molecule has 3 N–H and O–H groups in total.